The third-order valence-electron chi connectivity index (χ3n) is 5.11. The molecule has 148 valence electrons. The van der Waals surface area contributed by atoms with Gasteiger partial charge in [0.2, 0.25) is 0 Å². The molecule has 0 aromatic heterocycles. The predicted molar refractivity (Wildman–Crippen MR) is 94.8 cm³/mol. The van der Waals surface area contributed by atoms with E-state index in [2.05, 4.69) is 0 Å². The molecule has 2 aromatic carbocycles. The molecule has 1 amide bonds. The van der Waals surface area contributed by atoms with Crippen molar-refractivity contribution in [3.8, 4) is 5.75 Å². The fourth-order valence-electron chi connectivity index (χ4n) is 3.53. The number of carboxylic acid groups (broad SMARTS) is 1. The molecule has 3 N–H and O–H groups in total. The third-order valence-corrected chi connectivity index (χ3v) is 5.11. The van der Waals surface area contributed by atoms with Crippen molar-refractivity contribution < 1.29 is 33.7 Å². The van der Waals surface area contributed by atoms with Crippen LogP contribution in [0.3, 0.4) is 0 Å². The zero-order valence-corrected chi connectivity index (χ0v) is 14.8. The number of aliphatic hydroxyl groups is 1. The number of benzene rings is 2. The normalized spacial score (nSPS) is 22.1. The Balaban J connectivity index is 1.92. The minimum Gasteiger partial charge on any atom is -0.508 e. The highest BCUT2D eigenvalue weighted by Crippen LogP contribution is 2.35. The summed E-state index contributed by atoms with van der Waals surface area (Å²) < 4.78 is 27.2. The van der Waals surface area contributed by atoms with Crippen LogP contribution in [-0.4, -0.2) is 51.3 Å². The number of aliphatic hydroxyl groups excluding tert-OH is 1. The zero-order valence-electron chi connectivity index (χ0n) is 14.8. The van der Waals surface area contributed by atoms with Gasteiger partial charge in [-0.2, -0.15) is 0 Å². The van der Waals surface area contributed by atoms with Crippen molar-refractivity contribution >= 4 is 11.9 Å². The van der Waals surface area contributed by atoms with E-state index in [0.717, 1.165) is 23.1 Å². The highest BCUT2D eigenvalue weighted by atomic mass is 19.1. The van der Waals surface area contributed by atoms with Gasteiger partial charge in [0.15, 0.2) is 0 Å². The smallest absolute Gasteiger partial charge is 0.314 e. The summed E-state index contributed by atoms with van der Waals surface area (Å²) in [6, 6.07) is 8.23. The van der Waals surface area contributed by atoms with Gasteiger partial charge in [0, 0.05) is 13.1 Å². The molecule has 1 fully saturated rings. The molecule has 3 rings (SSSR count). The Labute approximate surface area is 159 Å². The van der Waals surface area contributed by atoms with Crippen LogP contribution in [0.15, 0.2) is 42.5 Å². The summed E-state index contributed by atoms with van der Waals surface area (Å²) in [6.45, 7) is -0.317. The Bertz CT molecular complexity index is 902. The fourth-order valence-corrected chi connectivity index (χ4v) is 3.53. The van der Waals surface area contributed by atoms with Gasteiger partial charge >= 0.3 is 5.97 Å². The number of piperidine rings is 1. The first-order valence-corrected chi connectivity index (χ1v) is 8.66. The molecule has 6 nitrogen and oxygen atoms in total. The van der Waals surface area contributed by atoms with Crippen LogP contribution in [-0.2, 0) is 11.2 Å². The monoisotopic (exact) mass is 391 g/mol. The second-order valence-corrected chi connectivity index (χ2v) is 6.96. The lowest BCUT2D eigenvalue weighted by Gasteiger charge is -2.43. The lowest BCUT2D eigenvalue weighted by atomic mass is 9.72. The molecule has 0 aliphatic carbocycles. The van der Waals surface area contributed by atoms with Crippen LogP contribution >= 0.6 is 0 Å². The minimum atomic E-state index is -1.72. The molecule has 1 aliphatic rings. The molecule has 0 radical (unpaired) electrons. The van der Waals surface area contributed by atoms with Crippen LogP contribution in [0.25, 0.3) is 0 Å². The number of hydrogen-bond donors (Lipinski definition) is 3. The lowest BCUT2D eigenvalue weighted by Crippen LogP contribution is -2.58. The molecule has 28 heavy (non-hydrogen) atoms. The Morgan fingerprint density at radius 3 is 2.46 bits per heavy atom. The number of phenolic OH excluding ortho intramolecular Hbond substituents is 1. The average Bonchev–Trinajstić information content (AvgIpc) is 2.66. The van der Waals surface area contributed by atoms with Crippen molar-refractivity contribution in [3.63, 3.8) is 0 Å². The van der Waals surface area contributed by atoms with E-state index in [-0.39, 0.29) is 37.2 Å². The van der Waals surface area contributed by atoms with Crippen LogP contribution < -0.4 is 0 Å². The third kappa shape index (κ3) is 3.68. The summed E-state index contributed by atoms with van der Waals surface area (Å²) >= 11 is 0. The molecule has 1 heterocycles. The first kappa shape index (κ1) is 19.8. The number of carbonyl (C=O) groups is 2. The molecule has 2 aromatic rings. The van der Waals surface area contributed by atoms with Crippen molar-refractivity contribution in [2.75, 3.05) is 13.1 Å². The standard InChI is InChI=1S/C20H19F2NO5/c21-13-3-1-12(2-4-13)10-20(19(27)28)11-23(8-7-17(20)25)18(26)15-9-14(24)5-6-16(15)22/h1-6,9,17,24-25H,7-8,10-11H2,(H,27,28)/t17-,20-/m1/s1. The van der Waals surface area contributed by atoms with E-state index in [1.165, 1.54) is 24.3 Å². The number of rotatable bonds is 4. The van der Waals surface area contributed by atoms with E-state index in [0.29, 0.717) is 5.56 Å². The largest absolute Gasteiger partial charge is 0.508 e. The topological polar surface area (TPSA) is 98.1 Å². The van der Waals surface area contributed by atoms with Gasteiger partial charge in [-0.25, -0.2) is 8.78 Å². The molecule has 0 saturated carbocycles. The van der Waals surface area contributed by atoms with E-state index in [1.54, 1.807) is 0 Å². The second-order valence-electron chi connectivity index (χ2n) is 6.96. The molecule has 0 spiro atoms. The van der Waals surface area contributed by atoms with Crippen LogP contribution in [0, 0.1) is 17.0 Å². The summed E-state index contributed by atoms with van der Waals surface area (Å²) in [6.07, 6.45) is -1.39. The quantitative estimate of drug-likeness (QED) is 0.742. The number of halogens is 2. The second kappa shape index (κ2) is 7.55. The molecule has 2 atom stereocenters. The highest BCUT2D eigenvalue weighted by Gasteiger charge is 2.50. The Morgan fingerprint density at radius 1 is 1.14 bits per heavy atom. The number of aromatic hydroxyl groups is 1. The van der Waals surface area contributed by atoms with Gasteiger partial charge in [0.25, 0.3) is 5.91 Å². The van der Waals surface area contributed by atoms with E-state index in [9.17, 15) is 33.7 Å². The van der Waals surface area contributed by atoms with E-state index < -0.39 is 35.0 Å². The molecule has 1 saturated heterocycles. The summed E-state index contributed by atoms with van der Waals surface area (Å²) in [7, 11) is 0. The predicted octanol–water partition coefficient (Wildman–Crippen LogP) is 2.19. The highest BCUT2D eigenvalue weighted by molar-refractivity contribution is 5.95. The van der Waals surface area contributed by atoms with Crippen LogP contribution in [0.4, 0.5) is 8.78 Å². The zero-order chi connectivity index (χ0) is 20.5. The fraction of sp³-hybridized carbons (Fsp3) is 0.300. The molecular formula is C20H19F2NO5. The number of hydrogen-bond acceptors (Lipinski definition) is 4. The van der Waals surface area contributed by atoms with Crippen molar-refractivity contribution in [1.82, 2.24) is 4.90 Å². The van der Waals surface area contributed by atoms with Gasteiger partial charge < -0.3 is 20.2 Å². The molecule has 8 heteroatoms. The first-order valence-electron chi connectivity index (χ1n) is 8.66. The number of carboxylic acids is 1. The SMILES string of the molecule is O=C(c1cc(O)ccc1F)N1CC[C@@H](O)[C@](Cc2ccc(F)cc2)(C(=O)O)C1. The van der Waals surface area contributed by atoms with Crippen molar-refractivity contribution in [1.29, 1.82) is 0 Å². The summed E-state index contributed by atoms with van der Waals surface area (Å²) in [4.78, 5) is 26.0. The van der Waals surface area contributed by atoms with Crippen LogP contribution in [0.5, 0.6) is 5.75 Å². The number of amides is 1. The van der Waals surface area contributed by atoms with Crippen LogP contribution in [0.2, 0.25) is 0 Å². The van der Waals surface area contributed by atoms with Gasteiger partial charge in [-0.3, -0.25) is 9.59 Å². The Morgan fingerprint density at radius 2 is 1.82 bits per heavy atom. The maximum atomic E-state index is 14.0. The Hall–Kier alpha value is -3.00. The summed E-state index contributed by atoms with van der Waals surface area (Å²) in [5.74, 6) is -3.69. The van der Waals surface area contributed by atoms with Crippen molar-refractivity contribution in [2.24, 2.45) is 5.41 Å². The van der Waals surface area contributed by atoms with Crippen molar-refractivity contribution in [2.45, 2.75) is 18.9 Å². The van der Waals surface area contributed by atoms with Crippen LogP contribution in [0.1, 0.15) is 22.3 Å². The number of carbonyl (C=O) groups excluding carboxylic acids is 1. The van der Waals surface area contributed by atoms with Gasteiger partial charge in [-0.15, -0.1) is 0 Å². The lowest BCUT2D eigenvalue weighted by molar-refractivity contribution is -0.161. The maximum Gasteiger partial charge on any atom is 0.314 e. The van der Waals surface area contributed by atoms with Gasteiger partial charge in [0.1, 0.15) is 22.8 Å². The number of aliphatic carboxylic acids is 1. The molecule has 0 bridgehead atoms. The molecular weight excluding hydrogens is 372 g/mol. The Kier molecular flexibility index (Phi) is 5.33. The maximum absolute atomic E-state index is 14.0. The number of nitrogens with zero attached hydrogens (tertiary/aromatic N) is 1. The van der Waals surface area contributed by atoms with E-state index >= 15 is 0 Å². The van der Waals surface area contributed by atoms with E-state index in [1.807, 2.05) is 0 Å². The summed E-state index contributed by atoms with van der Waals surface area (Å²) in [5.41, 5.74) is -1.61. The van der Waals surface area contributed by atoms with E-state index in [4.69, 9.17) is 0 Å². The molecule has 1 aliphatic heterocycles. The van der Waals surface area contributed by atoms with Gasteiger partial charge in [0.05, 0.1) is 11.7 Å². The van der Waals surface area contributed by atoms with Gasteiger partial charge in [-0.05, 0) is 48.7 Å². The molecule has 0 unspecified atom stereocenters. The number of phenols is 1. The minimum absolute atomic E-state index is 0.0142. The number of likely N-dealkylation sites (tertiary alicyclic amines) is 1. The average molecular weight is 391 g/mol. The van der Waals surface area contributed by atoms with Crippen molar-refractivity contribution in [3.05, 3.63) is 65.2 Å². The first-order chi connectivity index (χ1) is 13.2. The summed E-state index contributed by atoms with van der Waals surface area (Å²) in [5, 5.41) is 29.9. The van der Waals surface area contributed by atoms with Gasteiger partial charge in [-0.1, -0.05) is 12.1 Å².